The highest BCUT2D eigenvalue weighted by Gasteiger charge is 2.32. The minimum atomic E-state index is -1.70. The van der Waals surface area contributed by atoms with Crippen molar-refractivity contribution in [3.8, 4) is 0 Å². The van der Waals surface area contributed by atoms with Gasteiger partial charge in [0, 0.05) is 0 Å². The summed E-state index contributed by atoms with van der Waals surface area (Å²) < 4.78 is 3.93. The minimum Gasteiger partial charge on any atom is -0.503 e. The summed E-state index contributed by atoms with van der Waals surface area (Å²) in [4.78, 5) is 10.1. The molecule has 1 unspecified atom stereocenters. The fourth-order valence-corrected chi connectivity index (χ4v) is 0.435. The minimum absolute atomic E-state index is 0.833. The standard InChI is InChI=1S/C4H4O5/c5-1-2(6)4(8)9-3(1)7/h3,5-7H. The van der Waals surface area contributed by atoms with E-state index in [1.54, 1.807) is 0 Å². The summed E-state index contributed by atoms with van der Waals surface area (Å²) in [5.74, 6) is -2.87. The number of cyclic esters (lactones) is 1. The molecule has 1 rings (SSSR count). The average Bonchev–Trinajstić information content (AvgIpc) is 1.98. The molecule has 1 atom stereocenters. The van der Waals surface area contributed by atoms with Gasteiger partial charge in [0.05, 0.1) is 0 Å². The fraction of sp³-hybridized carbons (Fsp3) is 0.250. The van der Waals surface area contributed by atoms with Crippen molar-refractivity contribution in [1.29, 1.82) is 0 Å². The van der Waals surface area contributed by atoms with E-state index in [-0.39, 0.29) is 0 Å². The lowest BCUT2D eigenvalue weighted by molar-refractivity contribution is -0.155. The van der Waals surface area contributed by atoms with Crippen molar-refractivity contribution in [3.63, 3.8) is 0 Å². The zero-order valence-corrected chi connectivity index (χ0v) is 4.24. The number of aliphatic hydroxyl groups is 3. The molecule has 1 aliphatic heterocycles. The molecule has 0 aromatic rings. The SMILES string of the molecule is O=C1OC(O)C(O)=C1O. The highest BCUT2D eigenvalue weighted by molar-refractivity contribution is 5.88. The number of carbonyl (C=O) groups excluding carboxylic acids is 1. The molecule has 5 nitrogen and oxygen atoms in total. The molecule has 0 fully saturated rings. The molecule has 0 aromatic heterocycles. The van der Waals surface area contributed by atoms with Gasteiger partial charge < -0.3 is 20.1 Å². The monoisotopic (exact) mass is 132 g/mol. The van der Waals surface area contributed by atoms with Crippen molar-refractivity contribution < 1.29 is 24.9 Å². The van der Waals surface area contributed by atoms with E-state index in [2.05, 4.69) is 4.74 Å². The molecule has 1 heterocycles. The smallest absolute Gasteiger partial charge is 0.379 e. The third kappa shape index (κ3) is 0.706. The van der Waals surface area contributed by atoms with Gasteiger partial charge in [0.25, 0.3) is 6.29 Å². The van der Waals surface area contributed by atoms with Crippen LogP contribution in [0.15, 0.2) is 11.5 Å². The molecular weight excluding hydrogens is 128 g/mol. The van der Waals surface area contributed by atoms with Crippen molar-refractivity contribution in [2.24, 2.45) is 0 Å². The summed E-state index contributed by atoms with van der Waals surface area (Å²) in [7, 11) is 0. The maximum absolute atomic E-state index is 10.1. The molecule has 0 saturated carbocycles. The van der Waals surface area contributed by atoms with Gasteiger partial charge in [-0.1, -0.05) is 0 Å². The predicted octanol–water partition coefficient (Wildman–Crippen LogP) is -0.811. The second-order valence-corrected chi connectivity index (χ2v) is 1.49. The average molecular weight is 132 g/mol. The van der Waals surface area contributed by atoms with Gasteiger partial charge in [-0.25, -0.2) is 4.79 Å². The number of ether oxygens (including phenoxy) is 1. The van der Waals surface area contributed by atoms with Gasteiger partial charge in [0.15, 0.2) is 0 Å². The van der Waals surface area contributed by atoms with E-state index >= 15 is 0 Å². The van der Waals surface area contributed by atoms with Crippen LogP contribution >= 0.6 is 0 Å². The summed E-state index contributed by atoms with van der Waals surface area (Å²) in [5.41, 5.74) is 0. The molecule has 3 N–H and O–H groups in total. The molecule has 0 aliphatic carbocycles. The van der Waals surface area contributed by atoms with Crippen LogP contribution in [-0.2, 0) is 9.53 Å². The van der Waals surface area contributed by atoms with E-state index in [0.29, 0.717) is 0 Å². The Kier molecular flexibility index (Phi) is 1.07. The first-order chi connectivity index (χ1) is 4.13. The van der Waals surface area contributed by atoms with Gasteiger partial charge in [-0.2, -0.15) is 0 Å². The topological polar surface area (TPSA) is 87.0 Å². The van der Waals surface area contributed by atoms with Gasteiger partial charge in [-0.3, -0.25) is 0 Å². The Bertz CT molecular complexity index is 181. The number of esters is 1. The third-order valence-corrected chi connectivity index (χ3v) is 0.889. The van der Waals surface area contributed by atoms with Gasteiger partial charge in [0.1, 0.15) is 0 Å². The molecule has 0 radical (unpaired) electrons. The molecular formula is C4H4O5. The Morgan fingerprint density at radius 3 is 2.11 bits per heavy atom. The van der Waals surface area contributed by atoms with Gasteiger partial charge in [0.2, 0.25) is 11.5 Å². The molecule has 1 aliphatic rings. The lowest BCUT2D eigenvalue weighted by Gasteiger charge is -1.97. The Balaban J connectivity index is 2.92. The molecule has 0 bridgehead atoms. The van der Waals surface area contributed by atoms with Gasteiger partial charge in [-0.15, -0.1) is 0 Å². The molecule has 0 aromatic carbocycles. The quantitative estimate of drug-likeness (QED) is 0.375. The number of hydrogen-bond donors (Lipinski definition) is 3. The highest BCUT2D eigenvalue weighted by atomic mass is 16.7. The Morgan fingerprint density at radius 2 is 2.00 bits per heavy atom. The maximum atomic E-state index is 10.1. The molecule has 50 valence electrons. The van der Waals surface area contributed by atoms with Crippen LogP contribution in [0.3, 0.4) is 0 Å². The van der Waals surface area contributed by atoms with Gasteiger partial charge >= 0.3 is 5.97 Å². The second kappa shape index (κ2) is 1.63. The molecule has 9 heavy (non-hydrogen) atoms. The number of rotatable bonds is 0. The van der Waals surface area contributed by atoms with Crippen LogP contribution < -0.4 is 0 Å². The van der Waals surface area contributed by atoms with Crippen LogP contribution in [0.1, 0.15) is 0 Å². The number of hydrogen-bond acceptors (Lipinski definition) is 5. The highest BCUT2D eigenvalue weighted by Crippen LogP contribution is 2.15. The Morgan fingerprint density at radius 1 is 1.44 bits per heavy atom. The number of carbonyl (C=O) groups is 1. The largest absolute Gasteiger partial charge is 0.503 e. The third-order valence-electron chi connectivity index (χ3n) is 0.889. The van der Waals surface area contributed by atoms with Gasteiger partial charge in [-0.05, 0) is 0 Å². The van der Waals surface area contributed by atoms with Crippen molar-refractivity contribution in [1.82, 2.24) is 0 Å². The van der Waals surface area contributed by atoms with Crippen LogP contribution in [0.25, 0.3) is 0 Å². The summed E-state index contributed by atoms with van der Waals surface area (Å²) in [6.45, 7) is 0. The predicted molar refractivity (Wildman–Crippen MR) is 24.4 cm³/mol. The van der Waals surface area contributed by atoms with Crippen LogP contribution in [-0.4, -0.2) is 27.6 Å². The van der Waals surface area contributed by atoms with Crippen LogP contribution in [0.5, 0.6) is 0 Å². The summed E-state index contributed by atoms with van der Waals surface area (Å²) in [6, 6.07) is 0. The molecule has 0 saturated heterocycles. The van der Waals surface area contributed by atoms with E-state index in [1.807, 2.05) is 0 Å². The first kappa shape index (κ1) is 5.90. The first-order valence-corrected chi connectivity index (χ1v) is 2.14. The first-order valence-electron chi connectivity index (χ1n) is 2.14. The number of aliphatic hydroxyl groups excluding tert-OH is 3. The Labute approximate surface area is 49.8 Å². The van der Waals surface area contributed by atoms with E-state index in [0.717, 1.165) is 0 Å². The normalized spacial score (nSPS) is 26.8. The summed E-state index contributed by atoms with van der Waals surface area (Å²) in [5, 5.41) is 25.3. The van der Waals surface area contributed by atoms with Crippen molar-refractivity contribution in [2.75, 3.05) is 0 Å². The summed E-state index contributed by atoms with van der Waals surface area (Å²) in [6.07, 6.45) is -1.70. The molecule has 0 spiro atoms. The van der Waals surface area contributed by atoms with Crippen LogP contribution in [0.4, 0.5) is 0 Å². The zero-order chi connectivity index (χ0) is 7.02. The van der Waals surface area contributed by atoms with Crippen LogP contribution in [0.2, 0.25) is 0 Å². The van der Waals surface area contributed by atoms with E-state index < -0.39 is 23.8 Å². The second-order valence-electron chi connectivity index (χ2n) is 1.49. The summed E-state index contributed by atoms with van der Waals surface area (Å²) >= 11 is 0. The van der Waals surface area contributed by atoms with Crippen molar-refractivity contribution in [3.05, 3.63) is 11.5 Å². The maximum Gasteiger partial charge on any atom is 0.379 e. The van der Waals surface area contributed by atoms with Crippen LogP contribution in [0, 0.1) is 0 Å². The molecule has 0 amide bonds. The fourth-order valence-electron chi connectivity index (χ4n) is 0.435. The van der Waals surface area contributed by atoms with E-state index in [4.69, 9.17) is 15.3 Å². The van der Waals surface area contributed by atoms with E-state index in [1.165, 1.54) is 0 Å². The van der Waals surface area contributed by atoms with E-state index in [9.17, 15) is 4.79 Å². The van der Waals surface area contributed by atoms with Crippen molar-refractivity contribution in [2.45, 2.75) is 6.29 Å². The zero-order valence-electron chi connectivity index (χ0n) is 4.24. The lowest BCUT2D eigenvalue weighted by atomic mass is 10.4. The lowest BCUT2D eigenvalue weighted by Crippen LogP contribution is -2.09. The Hall–Kier alpha value is -1.23. The molecule has 5 heteroatoms. The van der Waals surface area contributed by atoms with Crippen molar-refractivity contribution >= 4 is 5.97 Å².